The average Bonchev–Trinajstić information content (AvgIpc) is 3.00. The first-order valence-electron chi connectivity index (χ1n) is 6.44. The Kier molecular flexibility index (Phi) is 5.26. The third-order valence-corrected chi connectivity index (χ3v) is 3.80. The first-order valence-corrected chi connectivity index (χ1v) is 7.42. The van der Waals surface area contributed by atoms with Gasteiger partial charge < -0.3 is 14.2 Å². The van der Waals surface area contributed by atoms with Gasteiger partial charge >= 0.3 is 0 Å². The van der Waals surface area contributed by atoms with Crippen LogP contribution >= 0.6 is 11.8 Å². The zero-order valence-corrected chi connectivity index (χ0v) is 13.6. The van der Waals surface area contributed by atoms with Crippen molar-refractivity contribution < 1.29 is 19.0 Å². The summed E-state index contributed by atoms with van der Waals surface area (Å²) in [6.45, 7) is 1.53. The van der Waals surface area contributed by atoms with Gasteiger partial charge in [-0.3, -0.25) is 9.89 Å². The van der Waals surface area contributed by atoms with Gasteiger partial charge in [0.05, 0.1) is 27.1 Å². The number of carbonyl (C=O) groups excluding carboxylic acids is 1. The number of aromatic amines is 1. The Balaban J connectivity index is 2.34. The monoisotopic (exact) mass is 323 g/mol. The highest BCUT2D eigenvalue weighted by atomic mass is 32.2. The van der Waals surface area contributed by atoms with Crippen molar-refractivity contribution in [3.05, 3.63) is 12.1 Å². The summed E-state index contributed by atoms with van der Waals surface area (Å²) in [5.41, 5.74) is 0.747. The summed E-state index contributed by atoms with van der Waals surface area (Å²) in [7, 11) is 4.65. The third kappa shape index (κ3) is 3.51. The molecular weight excluding hydrogens is 306 g/mol. The Morgan fingerprint density at radius 1 is 1.18 bits per heavy atom. The van der Waals surface area contributed by atoms with Gasteiger partial charge in [0.1, 0.15) is 5.78 Å². The van der Waals surface area contributed by atoms with Crippen LogP contribution in [0.25, 0.3) is 11.4 Å². The van der Waals surface area contributed by atoms with Crippen LogP contribution in [-0.2, 0) is 4.79 Å². The molecule has 1 aromatic carbocycles. The number of hydrogen-bond acceptors (Lipinski definition) is 7. The minimum atomic E-state index is 0.0733. The molecule has 0 saturated heterocycles. The number of aromatic nitrogens is 3. The molecule has 0 radical (unpaired) electrons. The van der Waals surface area contributed by atoms with E-state index in [9.17, 15) is 4.79 Å². The zero-order chi connectivity index (χ0) is 16.1. The van der Waals surface area contributed by atoms with Crippen molar-refractivity contribution >= 4 is 17.5 Å². The number of ether oxygens (including phenoxy) is 3. The largest absolute Gasteiger partial charge is 0.493 e. The van der Waals surface area contributed by atoms with Crippen LogP contribution < -0.4 is 14.2 Å². The molecule has 2 rings (SSSR count). The van der Waals surface area contributed by atoms with E-state index < -0.39 is 0 Å². The van der Waals surface area contributed by atoms with Crippen molar-refractivity contribution in [2.24, 2.45) is 0 Å². The summed E-state index contributed by atoms with van der Waals surface area (Å²) >= 11 is 1.28. The molecule has 2 aromatic rings. The van der Waals surface area contributed by atoms with Crippen molar-refractivity contribution in [2.75, 3.05) is 27.1 Å². The number of hydrogen-bond donors (Lipinski definition) is 1. The van der Waals surface area contributed by atoms with Gasteiger partial charge in [-0.25, -0.2) is 4.98 Å². The van der Waals surface area contributed by atoms with Crippen LogP contribution in [0.2, 0.25) is 0 Å². The van der Waals surface area contributed by atoms with Crippen molar-refractivity contribution in [1.82, 2.24) is 15.2 Å². The maximum absolute atomic E-state index is 11.0. The number of Topliss-reactive ketones (excluding diaryl/α,β-unsaturated/α-hetero) is 1. The lowest BCUT2D eigenvalue weighted by Crippen LogP contribution is -1.96. The molecule has 0 bridgehead atoms. The van der Waals surface area contributed by atoms with E-state index in [-0.39, 0.29) is 5.78 Å². The molecule has 0 saturated carbocycles. The molecule has 1 N–H and O–H groups in total. The lowest BCUT2D eigenvalue weighted by Gasteiger charge is -2.13. The van der Waals surface area contributed by atoms with Gasteiger partial charge in [0, 0.05) is 5.56 Å². The molecule has 0 amide bonds. The summed E-state index contributed by atoms with van der Waals surface area (Å²) in [6.07, 6.45) is 0. The molecule has 22 heavy (non-hydrogen) atoms. The van der Waals surface area contributed by atoms with Crippen molar-refractivity contribution in [3.63, 3.8) is 0 Å². The summed E-state index contributed by atoms with van der Waals surface area (Å²) in [6, 6.07) is 3.56. The van der Waals surface area contributed by atoms with Gasteiger partial charge in [0.2, 0.25) is 10.9 Å². The van der Waals surface area contributed by atoms with Crippen LogP contribution in [0.3, 0.4) is 0 Å². The van der Waals surface area contributed by atoms with Crippen LogP contribution in [0.15, 0.2) is 17.3 Å². The lowest BCUT2D eigenvalue weighted by molar-refractivity contribution is -0.114. The normalized spacial score (nSPS) is 10.4. The lowest BCUT2D eigenvalue weighted by atomic mass is 10.1. The SMILES string of the molecule is COc1cc(-c2nc(SCC(C)=O)n[nH]2)cc(OC)c1OC. The van der Waals surface area contributed by atoms with E-state index in [1.165, 1.54) is 18.7 Å². The number of rotatable bonds is 7. The standard InChI is InChI=1S/C14H17N3O4S/c1-8(18)7-22-14-15-13(16-17-14)9-5-10(19-2)12(21-4)11(6-9)20-3/h5-6H,7H2,1-4H3,(H,15,16,17). The van der Waals surface area contributed by atoms with Crippen LogP contribution in [0, 0.1) is 0 Å². The molecule has 8 heteroatoms. The van der Waals surface area contributed by atoms with E-state index in [0.29, 0.717) is 34.0 Å². The molecule has 0 aliphatic carbocycles. The van der Waals surface area contributed by atoms with Gasteiger partial charge in [-0.1, -0.05) is 11.8 Å². The molecule has 118 valence electrons. The van der Waals surface area contributed by atoms with E-state index in [1.54, 1.807) is 33.5 Å². The minimum absolute atomic E-state index is 0.0733. The van der Waals surface area contributed by atoms with E-state index in [1.807, 2.05) is 0 Å². The van der Waals surface area contributed by atoms with Gasteiger partial charge in [0.25, 0.3) is 0 Å². The first kappa shape index (κ1) is 16.2. The topological polar surface area (TPSA) is 86.3 Å². The van der Waals surface area contributed by atoms with Gasteiger partial charge in [0.15, 0.2) is 17.3 Å². The minimum Gasteiger partial charge on any atom is -0.493 e. The van der Waals surface area contributed by atoms with Crippen LogP contribution in [0.4, 0.5) is 0 Å². The van der Waals surface area contributed by atoms with Gasteiger partial charge in [-0.2, -0.15) is 0 Å². The number of ketones is 1. The Hall–Kier alpha value is -2.22. The highest BCUT2D eigenvalue weighted by molar-refractivity contribution is 7.99. The Bertz CT molecular complexity index is 647. The maximum Gasteiger partial charge on any atom is 0.209 e. The highest BCUT2D eigenvalue weighted by Gasteiger charge is 2.16. The van der Waals surface area contributed by atoms with E-state index in [0.717, 1.165) is 5.56 Å². The van der Waals surface area contributed by atoms with Gasteiger partial charge in [-0.15, -0.1) is 5.10 Å². The van der Waals surface area contributed by atoms with Crippen molar-refractivity contribution in [1.29, 1.82) is 0 Å². The number of methoxy groups -OCH3 is 3. The van der Waals surface area contributed by atoms with Crippen molar-refractivity contribution in [2.45, 2.75) is 12.1 Å². The first-order chi connectivity index (χ1) is 10.6. The summed E-state index contributed by atoms with van der Waals surface area (Å²) in [4.78, 5) is 15.3. The Labute approximate surface area is 132 Å². The molecule has 1 heterocycles. The maximum atomic E-state index is 11.0. The molecule has 0 aliphatic heterocycles. The fourth-order valence-corrected chi connectivity index (χ4v) is 2.42. The number of benzene rings is 1. The molecular formula is C14H17N3O4S. The number of H-pyrrole nitrogens is 1. The second-order valence-electron chi connectivity index (χ2n) is 4.37. The number of nitrogens with one attached hydrogen (secondary N) is 1. The van der Waals surface area contributed by atoms with Crippen LogP contribution in [0.1, 0.15) is 6.92 Å². The Morgan fingerprint density at radius 3 is 2.32 bits per heavy atom. The fraction of sp³-hybridized carbons (Fsp3) is 0.357. The summed E-state index contributed by atoms with van der Waals surface area (Å²) < 4.78 is 15.9. The quantitative estimate of drug-likeness (QED) is 0.781. The molecule has 0 atom stereocenters. The molecule has 0 spiro atoms. The predicted octanol–water partition coefficient (Wildman–Crippen LogP) is 2.18. The van der Waals surface area contributed by atoms with Gasteiger partial charge in [-0.05, 0) is 19.1 Å². The zero-order valence-electron chi connectivity index (χ0n) is 12.8. The highest BCUT2D eigenvalue weighted by Crippen LogP contribution is 2.40. The smallest absolute Gasteiger partial charge is 0.209 e. The third-order valence-electron chi connectivity index (χ3n) is 2.81. The molecule has 7 nitrogen and oxygen atoms in total. The second kappa shape index (κ2) is 7.17. The number of nitrogens with zero attached hydrogens (tertiary/aromatic N) is 2. The predicted molar refractivity (Wildman–Crippen MR) is 82.9 cm³/mol. The van der Waals surface area contributed by atoms with Crippen molar-refractivity contribution in [3.8, 4) is 28.6 Å². The molecule has 0 unspecified atom stereocenters. The number of carbonyl (C=O) groups is 1. The summed E-state index contributed by atoms with van der Waals surface area (Å²) in [5.74, 6) is 2.55. The van der Waals surface area contributed by atoms with Crippen LogP contribution in [-0.4, -0.2) is 48.0 Å². The second-order valence-corrected chi connectivity index (χ2v) is 5.31. The van der Waals surface area contributed by atoms with E-state index in [2.05, 4.69) is 15.2 Å². The molecule has 1 aromatic heterocycles. The summed E-state index contributed by atoms with van der Waals surface area (Å²) in [5, 5.41) is 7.43. The van der Waals surface area contributed by atoms with E-state index >= 15 is 0 Å². The number of thioether (sulfide) groups is 1. The van der Waals surface area contributed by atoms with E-state index in [4.69, 9.17) is 14.2 Å². The molecule has 0 fully saturated rings. The Morgan fingerprint density at radius 2 is 1.82 bits per heavy atom. The van der Waals surface area contributed by atoms with Crippen LogP contribution in [0.5, 0.6) is 17.2 Å². The fourth-order valence-electron chi connectivity index (χ4n) is 1.82. The average molecular weight is 323 g/mol. The molecule has 0 aliphatic rings.